The van der Waals surface area contributed by atoms with Crippen molar-refractivity contribution in [2.24, 2.45) is 23.7 Å². The van der Waals surface area contributed by atoms with Crippen LogP contribution in [0.3, 0.4) is 0 Å². The molecular weight excluding hydrogens is 494 g/mol. The summed E-state index contributed by atoms with van der Waals surface area (Å²) < 4.78 is 13.5. The molecule has 2 aromatic rings. The molecule has 2 bridgehead atoms. The number of halogens is 3. The normalized spacial score (nSPS) is 25.2. The van der Waals surface area contributed by atoms with Crippen LogP contribution in [0.15, 0.2) is 60.7 Å². The van der Waals surface area contributed by atoms with Gasteiger partial charge < -0.3 is 0 Å². The van der Waals surface area contributed by atoms with E-state index in [2.05, 4.69) is 0 Å². The zero-order valence-corrected chi connectivity index (χ0v) is 20.0. The highest BCUT2D eigenvalue weighted by Crippen LogP contribution is 2.53. The number of fused-ring (bicyclic) bond motifs is 5. The van der Waals surface area contributed by atoms with Crippen LogP contribution in [0.1, 0.15) is 33.6 Å². The Morgan fingerprint density at radius 1 is 0.943 bits per heavy atom. The maximum Gasteiger partial charge on any atom is 0.273 e. The summed E-state index contributed by atoms with van der Waals surface area (Å²) in [6.45, 7) is 0. The van der Waals surface area contributed by atoms with Gasteiger partial charge in [0.2, 0.25) is 0 Å². The van der Waals surface area contributed by atoms with E-state index in [0.29, 0.717) is 5.02 Å². The minimum atomic E-state index is -1.25. The van der Waals surface area contributed by atoms with Gasteiger partial charge in [-0.3, -0.25) is 19.2 Å². The molecule has 1 aliphatic heterocycles. The van der Waals surface area contributed by atoms with Crippen LogP contribution in [0.5, 0.6) is 0 Å². The van der Waals surface area contributed by atoms with Gasteiger partial charge in [-0.15, -0.1) is 11.6 Å². The highest BCUT2D eigenvalue weighted by molar-refractivity contribution is 6.30. The van der Waals surface area contributed by atoms with Gasteiger partial charge in [-0.2, -0.15) is 5.01 Å². The van der Waals surface area contributed by atoms with Crippen LogP contribution in [0, 0.1) is 29.5 Å². The summed E-state index contributed by atoms with van der Waals surface area (Å²) in [6.07, 6.45) is 4.61. The molecule has 3 amide bonds. The first kappa shape index (κ1) is 23.7. The first-order chi connectivity index (χ1) is 16.8. The first-order valence-electron chi connectivity index (χ1n) is 11.3. The van der Waals surface area contributed by atoms with Crippen molar-refractivity contribution >= 4 is 46.7 Å². The molecule has 0 spiro atoms. The van der Waals surface area contributed by atoms with Crippen molar-refractivity contribution in [1.29, 1.82) is 0 Å². The third-order valence-electron chi connectivity index (χ3n) is 7.07. The number of ketones is 1. The Morgan fingerprint density at radius 2 is 1.49 bits per heavy atom. The zero-order valence-electron chi connectivity index (χ0n) is 18.4. The number of hydrogen-bond acceptors (Lipinski definition) is 4. The Balaban J connectivity index is 1.59. The van der Waals surface area contributed by atoms with E-state index in [1.807, 2.05) is 12.2 Å². The Labute approximate surface area is 211 Å². The predicted molar refractivity (Wildman–Crippen MR) is 127 cm³/mol. The molecule has 9 heteroatoms. The fourth-order valence-corrected chi connectivity index (χ4v) is 5.80. The zero-order chi connectivity index (χ0) is 24.9. The molecule has 6 nitrogen and oxygen atoms in total. The van der Waals surface area contributed by atoms with E-state index in [1.54, 1.807) is 0 Å². The Bertz CT molecular complexity index is 1200. The molecule has 0 unspecified atom stereocenters. The number of carbonyl (C=O) groups is 4. The van der Waals surface area contributed by atoms with Crippen LogP contribution in [-0.4, -0.2) is 45.4 Å². The summed E-state index contributed by atoms with van der Waals surface area (Å²) in [7, 11) is 0. The van der Waals surface area contributed by atoms with Gasteiger partial charge in [-0.05, 0) is 73.2 Å². The van der Waals surface area contributed by atoms with Crippen molar-refractivity contribution in [2.45, 2.75) is 18.9 Å². The Hall–Kier alpha value is -3.03. The van der Waals surface area contributed by atoms with E-state index >= 15 is 0 Å². The van der Waals surface area contributed by atoms with Gasteiger partial charge in [0.25, 0.3) is 17.7 Å². The van der Waals surface area contributed by atoms with E-state index in [1.165, 1.54) is 36.4 Å². The first-order valence-corrected chi connectivity index (χ1v) is 12.2. The number of benzene rings is 2. The molecule has 2 fully saturated rings. The smallest absolute Gasteiger partial charge is 0.273 e. The molecule has 2 aliphatic carbocycles. The molecule has 5 atom stereocenters. The lowest BCUT2D eigenvalue weighted by molar-refractivity contribution is -0.157. The quantitative estimate of drug-likeness (QED) is 0.235. The largest absolute Gasteiger partial charge is 0.292 e. The highest BCUT2D eigenvalue weighted by atomic mass is 35.5. The lowest BCUT2D eigenvalue weighted by Gasteiger charge is -2.36. The van der Waals surface area contributed by atoms with Crippen molar-refractivity contribution in [3.05, 3.63) is 82.6 Å². The molecule has 180 valence electrons. The molecule has 3 aliphatic rings. The maximum atomic E-state index is 13.8. The summed E-state index contributed by atoms with van der Waals surface area (Å²) in [4.78, 5) is 54.6. The second-order valence-corrected chi connectivity index (χ2v) is 9.82. The van der Waals surface area contributed by atoms with E-state index in [0.717, 1.165) is 28.6 Å². The number of rotatable bonds is 7. The minimum absolute atomic E-state index is 0.0160. The molecular formula is C26H21Cl2FN2O4. The van der Waals surface area contributed by atoms with E-state index in [-0.39, 0.29) is 35.3 Å². The number of carbonyl (C=O) groups excluding carboxylic acids is 4. The standard InChI is InChI=1S/C26H21Cl2FN2O4/c27-12-11-20(23(32)14-5-9-19(29)10-6-14)30(24(33)15-3-7-18(28)8-4-15)31-25(34)21-16-1-2-17(13-16)22(21)26(31)35/h1-10,16-17,20-22H,11-13H2/t16-,17-,20-,21-,22+/m0/s1. The van der Waals surface area contributed by atoms with E-state index in [4.69, 9.17) is 23.2 Å². The molecule has 0 aromatic heterocycles. The van der Waals surface area contributed by atoms with Crippen LogP contribution in [0.4, 0.5) is 4.39 Å². The minimum Gasteiger partial charge on any atom is -0.292 e. The molecule has 0 N–H and O–H groups in total. The summed E-state index contributed by atoms with van der Waals surface area (Å²) in [5, 5.41) is 2.22. The van der Waals surface area contributed by atoms with Crippen molar-refractivity contribution in [3.63, 3.8) is 0 Å². The third kappa shape index (κ3) is 3.96. The van der Waals surface area contributed by atoms with Gasteiger partial charge in [0.1, 0.15) is 11.9 Å². The summed E-state index contributed by atoms with van der Waals surface area (Å²) in [5.74, 6) is -4.04. The highest BCUT2D eigenvalue weighted by Gasteiger charge is 2.62. The topological polar surface area (TPSA) is 74.8 Å². The number of hydrogen-bond donors (Lipinski definition) is 0. The molecule has 0 radical (unpaired) electrons. The van der Waals surface area contributed by atoms with Crippen LogP contribution >= 0.6 is 23.2 Å². The predicted octanol–water partition coefficient (Wildman–Crippen LogP) is 4.52. The van der Waals surface area contributed by atoms with Crippen molar-refractivity contribution in [2.75, 3.05) is 5.88 Å². The molecule has 2 aromatic carbocycles. The van der Waals surface area contributed by atoms with E-state index in [9.17, 15) is 23.6 Å². The number of allylic oxidation sites excluding steroid dienone is 2. The number of nitrogens with zero attached hydrogens (tertiary/aromatic N) is 2. The molecule has 35 heavy (non-hydrogen) atoms. The number of alkyl halides is 1. The van der Waals surface area contributed by atoms with Crippen LogP contribution in [-0.2, 0) is 9.59 Å². The summed E-state index contributed by atoms with van der Waals surface area (Å²) in [6, 6.07) is 9.58. The number of hydrazine groups is 1. The lowest BCUT2D eigenvalue weighted by Crippen LogP contribution is -2.58. The molecule has 1 heterocycles. The Kier molecular flexibility index (Phi) is 6.23. The maximum absolute atomic E-state index is 13.8. The van der Waals surface area contributed by atoms with Crippen LogP contribution < -0.4 is 0 Å². The second-order valence-electron chi connectivity index (χ2n) is 9.01. The average Bonchev–Trinajstić information content (AvgIpc) is 3.54. The molecule has 1 saturated heterocycles. The van der Waals surface area contributed by atoms with Crippen molar-refractivity contribution in [3.8, 4) is 0 Å². The molecule has 1 saturated carbocycles. The second kappa shape index (κ2) is 9.21. The van der Waals surface area contributed by atoms with Crippen LogP contribution in [0.25, 0.3) is 0 Å². The van der Waals surface area contributed by atoms with Crippen molar-refractivity contribution in [1.82, 2.24) is 10.0 Å². The Morgan fingerprint density at radius 3 is 2.03 bits per heavy atom. The van der Waals surface area contributed by atoms with Gasteiger partial charge in [0, 0.05) is 22.0 Å². The third-order valence-corrected chi connectivity index (χ3v) is 7.54. The number of imide groups is 1. The fraction of sp³-hybridized carbons (Fsp3) is 0.308. The number of Topliss-reactive ketones (excluding diaryl/α,β-unsaturated/α-hetero) is 1. The summed E-state index contributed by atoms with van der Waals surface area (Å²) >= 11 is 12.0. The van der Waals surface area contributed by atoms with Gasteiger partial charge in [0.05, 0.1) is 11.8 Å². The monoisotopic (exact) mass is 514 g/mol. The number of amides is 3. The SMILES string of the molecule is O=C(c1ccc(F)cc1)[C@H](CCCl)N(C(=O)c1ccc(Cl)cc1)N1C(=O)[C@@H]2[C@H](C1=O)[C@H]1C=C[C@H]2C1. The van der Waals surface area contributed by atoms with Crippen LogP contribution in [0.2, 0.25) is 5.02 Å². The summed E-state index contributed by atoms with van der Waals surface area (Å²) in [5.41, 5.74) is 0.288. The lowest BCUT2D eigenvalue weighted by atomic mass is 9.85. The van der Waals surface area contributed by atoms with Crippen molar-refractivity contribution < 1.29 is 23.6 Å². The van der Waals surface area contributed by atoms with Gasteiger partial charge in [0.15, 0.2) is 5.78 Å². The fourth-order valence-electron chi connectivity index (χ4n) is 5.47. The van der Waals surface area contributed by atoms with Gasteiger partial charge in [-0.25, -0.2) is 9.40 Å². The van der Waals surface area contributed by atoms with Gasteiger partial charge >= 0.3 is 0 Å². The molecule has 5 rings (SSSR count). The van der Waals surface area contributed by atoms with E-state index < -0.39 is 47.2 Å². The van der Waals surface area contributed by atoms with Gasteiger partial charge in [-0.1, -0.05) is 23.8 Å². The average molecular weight is 515 g/mol.